The van der Waals surface area contributed by atoms with Crippen molar-refractivity contribution in [1.29, 1.82) is 0 Å². The molecule has 1 aliphatic carbocycles. The van der Waals surface area contributed by atoms with E-state index in [1.54, 1.807) is 0 Å². The largest absolute Gasteiger partial charge is 0.0619 e. The smallest absolute Gasteiger partial charge is 0.000728 e. The summed E-state index contributed by atoms with van der Waals surface area (Å²) in [6.07, 6.45) is 1.03. The highest BCUT2D eigenvalue weighted by molar-refractivity contribution is 6.04. The first-order chi connectivity index (χ1) is 13.1. The lowest BCUT2D eigenvalue weighted by molar-refractivity contribution is 1.25. The van der Waals surface area contributed by atoms with Crippen LogP contribution in [0.5, 0.6) is 0 Å². The summed E-state index contributed by atoms with van der Waals surface area (Å²) in [4.78, 5) is 0. The Labute approximate surface area is 161 Å². The van der Waals surface area contributed by atoms with E-state index in [9.17, 15) is 0 Å². The molecule has 4 aromatic carbocycles. The molecule has 5 rings (SSSR count). The minimum atomic E-state index is 1.03. The maximum Gasteiger partial charge on any atom is -0.000728 e. The predicted octanol–water partition coefficient (Wildman–Crippen LogP) is 7.31. The van der Waals surface area contributed by atoms with Crippen LogP contribution in [0.25, 0.3) is 33.0 Å². The van der Waals surface area contributed by atoms with Crippen LogP contribution in [0.15, 0.2) is 60.7 Å². The molecule has 0 spiro atoms. The van der Waals surface area contributed by atoms with E-state index in [1.165, 1.54) is 66.4 Å². The van der Waals surface area contributed by atoms with Crippen LogP contribution in [0.3, 0.4) is 0 Å². The number of rotatable bonds is 1. The van der Waals surface area contributed by atoms with Gasteiger partial charge < -0.3 is 0 Å². The third-order valence-electron chi connectivity index (χ3n) is 6.54. The highest BCUT2D eigenvalue weighted by Gasteiger charge is 2.23. The second-order valence-electron chi connectivity index (χ2n) is 7.91. The molecule has 27 heavy (non-hydrogen) atoms. The molecule has 0 N–H and O–H groups in total. The lowest BCUT2D eigenvalue weighted by Gasteiger charge is -2.20. The normalized spacial score (nSPS) is 12.3. The molecule has 0 nitrogen and oxygen atoms in total. The zero-order chi connectivity index (χ0) is 18.7. The average Bonchev–Trinajstić information content (AvgIpc) is 3.06. The average molecular weight is 348 g/mol. The van der Waals surface area contributed by atoms with Gasteiger partial charge in [0.15, 0.2) is 0 Å². The van der Waals surface area contributed by atoms with Gasteiger partial charge in [-0.15, -0.1) is 0 Å². The minimum absolute atomic E-state index is 1.03. The highest BCUT2D eigenvalue weighted by Crippen LogP contribution is 2.45. The van der Waals surface area contributed by atoms with Gasteiger partial charge in [0.1, 0.15) is 0 Å². The molecule has 0 bridgehead atoms. The Morgan fingerprint density at radius 2 is 1.30 bits per heavy atom. The van der Waals surface area contributed by atoms with Crippen molar-refractivity contribution in [2.75, 3.05) is 0 Å². The van der Waals surface area contributed by atoms with Crippen LogP contribution in [0.2, 0.25) is 0 Å². The predicted molar refractivity (Wildman–Crippen MR) is 117 cm³/mol. The van der Waals surface area contributed by atoms with Crippen LogP contribution in [0, 0.1) is 27.7 Å². The van der Waals surface area contributed by atoms with Crippen molar-refractivity contribution < 1.29 is 0 Å². The minimum Gasteiger partial charge on any atom is -0.0619 e. The van der Waals surface area contributed by atoms with E-state index in [-0.39, 0.29) is 0 Å². The molecule has 0 atom stereocenters. The van der Waals surface area contributed by atoms with Gasteiger partial charge in [-0.05, 0) is 101 Å². The molecule has 0 heterocycles. The number of aryl methyl sites for hydroxylation is 2. The molecule has 1 aliphatic rings. The zero-order valence-electron chi connectivity index (χ0n) is 16.5. The molecule has 0 unspecified atom stereocenters. The second kappa shape index (κ2) is 5.82. The van der Waals surface area contributed by atoms with Crippen molar-refractivity contribution in [3.8, 4) is 22.3 Å². The maximum absolute atomic E-state index is 2.32. The fourth-order valence-corrected chi connectivity index (χ4v) is 4.97. The molecular weight excluding hydrogens is 324 g/mol. The van der Waals surface area contributed by atoms with Crippen molar-refractivity contribution in [2.45, 2.75) is 34.1 Å². The lowest BCUT2D eigenvalue weighted by atomic mass is 9.84. The summed E-state index contributed by atoms with van der Waals surface area (Å²) in [5, 5.41) is 2.81. The molecule has 0 amide bonds. The standard InChI is InChI=1S/C27H24/c1-16-9-7-14-24-26(16)18(3)17(2)19(4)27(24)23-13-8-12-22-21-11-6-5-10-20(21)15-25(22)23/h5-14H,15H2,1-4H3. The van der Waals surface area contributed by atoms with Gasteiger partial charge in [0.25, 0.3) is 0 Å². The third kappa shape index (κ3) is 2.23. The van der Waals surface area contributed by atoms with Crippen LogP contribution in [-0.4, -0.2) is 0 Å². The molecule has 0 saturated heterocycles. The van der Waals surface area contributed by atoms with Gasteiger partial charge in [0.2, 0.25) is 0 Å². The summed E-state index contributed by atoms with van der Waals surface area (Å²) in [6, 6.07) is 22.4. The Morgan fingerprint density at radius 3 is 2.15 bits per heavy atom. The Bertz CT molecular complexity index is 1220. The van der Waals surface area contributed by atoms with Crippen molar-refractivity contribution in [1.82, 2.24) is 0 Å². The molecule has 132 valence electrons. The summed E-state index contributed by atoms with van der Waals surface area (Å²) in [7, 11) is 0. The molecular formula is C27H24. The summed E-state index contributed by atoms with van der Waals surface area (Å²) < 4.78 is 0. The van der Waals surface area contributed by atoms with Crippen LogP contribution in [-0.2, 0) is 6.42 Å². The first kappa shape index (κ1) is 16.3. The SMILES string of the molecule is Cc1c(C)c(C)c2c(C)cccc2c1-c1cccc2c1Cc1ccccc1-2. The third-order valence-corrected chi connectivity index (χ3v) is 6.54. The second-order valence-corrected chi connectivity index (χ2v) is 7.91. The molecule has 0 aliphatic heterocycles. The Balaban J connectivity index is 1.89. The van der Waals surface area contributed by atoms with Crippen LogP contribution >= 0.6 is 0 Å². The summed E-state index contributed by atoms with van der Waals surface area (Å²) in [5.74, 6) is 0. The fourth-order valence-electron chi connectivity index (χ4n) is 4.97. The van der Waals surface area contributed by atoms with Gasteiger partial charge in [-0.3, -0.25) is 0 Å². The van der Waals surface area contributed by atoms with E-state index in [0.717, 1.165) is 6.42 Å². The Hall–Kier alpha value is -2.86. The Morgan fingerprint density at radius 1 is 0.593 bits per heavy atom. The zero-order valence-corrected chi connectivity index (χ0v) is 16.5. The Kier molecular flexibility index (Phi) is 3.52. The van der Waals surface area contributed by atoms with Gasteiger partial charge in [-0.1, -0.05) is 60.7 Å². The van der Waals surface area contributed by atoms with E-state index < -0.39 is 0 Å². The number of fused-ring (bicyclic) bond motifs is 4. The highest BCUT2D eigenvalue weighted by atomic mass is 14.3. The molecule has 0 fully saturated rings. The fraction of sp³-hybridized carbons (Fsp3) is 0.185. The van der Waals surface area contributed by atoms with Crippen LogP contribution < -0.4 is 0 Å². The van der Waals surface area contributed by atoms with Gasteiger partial charge in [0.05, 0.1) is 0 Å². The number of hydrogen-bond donors (Lipinski definition) is 0. The number of benzene rings is 4. The monoisotopic (exact) mass is 348 g/mol. The van der Waals surface area contributed by atoms with E-state index in [0.29, 0.717) is 0 Å². The maximum atomic E-state index is 2.32. The van der Waals surface area contributed by atoms with Crippen molar-refractivity contribution in [2.24, 2.45) is 0 Å². The van der Waals surface area contributed by atoms with Gasteiger partial charge in [-0.25, -0.2) is 0 Å². The molecule has 0 heteroatoms. The van der Waals surface area contributed by atoms with Crippen molar-refractivity contribution in [3.63, 3.8) is 0 Å². The molecule has 0 saturated carbocycles. The summed E-state index contributed by atoms with van der Waals surface area (Å²) >= 11 is 0. The van der Waals surface area contributed by atoms with Gasteiger partial charge >= 0.3 is 0 Å². The van der Waals surface area contributed by atoms with E-state index in [4.69, 9.17) is 0 Å². The van der Waals surface area contributed by atoms with E-state index in [2.05, 4.69) is 88.4 Å². The first-order valence-electron chi connectivity index (χ1n) is 9.77. The molecule has 0 aromatic heterocycles. The molecule has 4 aromatic rings. The molecule has 0 radical (unpaired) electrons. The summed E-state index contributed by atoms with van der Waals surface area (Å²) in [5.41, 5.74) is 14.2. The van der Waals surface area contributed by atoms with Crippen molar-refractivity contribution >= 4 is 10.8 Å². The van der Waals surface area contributed by atoms with Crippen LogP contribution in [0.1, 0.15) is 33.4 Å². The summed E-state index contributed by atoms with van der Waals surface area (Å²) in [6.45, 7) is 9.07. The van der Waals surface area contributed by atoms with Gasteiger partial charge in [0, 0.05) is 0 Å². The lowest BCUT2D eigenvalue weighted by Crippen LogP contribution is -1.98. The van der Waals surface area contributed by atoms with Crippen LogP contribution in [0.4, 0.5) is 0 Å². The quantitative estimate of drug-likeness (QED) is 0.298. The van der Waals surface area contributed by atoms with E-state index in [1.807, 2.05) is 0 Å². The topological polar surface area (TPSA) is 0 Å². The number of hydrogen-bond acceptors (Lipinski definition) is 0. The van der Waals surface area contributed by atoms with Gasteiger partial charge in [-0.2, -0.15) is 0 Å². The van der Waals surface area contributed by atoms with E-state index >= 15 is 0 Å². The van der Waals surface area contributed by atoms with Crippen molar-refractivity contribution in [3.05, 3.63) is 94.0 Å². The first-order valence-corrected chi connectivity index (χ1v) is 9.77.